The fraction of sp³-hybridized carbons (Fsp3) is 0.250. The van der Waals surface area contributed by atoms with Crippen LogP contribution < -0.4 is 15.5 Å². The van der Waals surface area contributed by atoms with Gasteiger partial charge in [0.15, 0.2) is 0 Å². The van der Waals surface area contributed by atoms with Crippen molar-refractivity contribution in [2.24, 2.45) is 0 Å². The van der Waals surface area contributed by atoms with E-state index in [9.17, 15) is 0 Å². The molecule has 138 valence electrons. The van der Waals surface area contributed by atoms with Crippen LogP contribution in [-0.4, -0.2) is 28.0 Å². The predicted octanol–water partition coefficient (Wildman–Crippen LogP) is 4.92. The highest BCUT2D eigenvalue weighted by atomic mass is 35.5. The SMILES string of the molecule is Cc1cccc(Nc2nc(Nc3cccc(Cl)c3)nc(N3CCCC3)n2)c1. The summed E-state index contributed by atoms with van der Waals surface area (Å²) in [5.74, 6) is 1.69. The third kappa shape index (κ3) is 4.46. The molecule has 0 unspecified atom stereocenters. The number of halogens is 1. The van der Waals surface area contributed by atoms with Crippen molar-refractivity contribution >= 4 is 40.8 Å². The molecular formula is C20H21ClN6. The van der Waals surface area contributed by atoms with Crippen LogP contribution in [0.2, 0.25) is 5.02 Å². The minimum Gasteiger partial charge on any atom is -0.341 e. The van der Waals surface area contributed by atoms with Crippen LogP contribution in [0.3, 0.4) is 0 Å². The lowest BCUT2D eigenvalue weighted by Crippen LogP contribution is -2.21. The van der Waals surface area contributed by atoms with Crippen LogP contribution in [0.15, 0.2) is 48.5 Å². The van der Waals surface area contributed by atoms with Crippen molar-refractivity contribution in [3.63, 3.8) is 0 Å². The van der Waals surface area contributed by atoms with Gasteiger partial charge in [0.1, 0.15) is 0 Å². The van der Waals surface area contributed by atoms with Crippen molar-refractivity contribution in [1.29, 1.82) is 0 Å². The first-order valence-electron chi connectivity index (χ1n) is 9.03. The maximum absolute atomic E-state index is 6.09. The monoisotopic (exact) mass is 380 g/mol. The molecule has 0 spiro atoms. The molecule has 3 aromatic rings. The van der Waals surface area contributed by atoms with E-state index in [4.69, 9.17) is 11.6 Å². The van der Waals surface area contributed by atoms with Crippen LogP contribution in [0.1, 0.15) is 18.4 Å². The Morgan fingerprint density at radius 2 is 1.48 bits per heavy atom. The highest BCUT2D eigenvalue weighted by Gasteiger charge is 2.17. The minimum absolute atomic E-state index is 0.490. The Balaban J connectivity index is 1.66. The van der Waals surface area contributed by atoms with Gasteiger partial charge < -0.3 is 15.5 Å². The van der Waals surface area contributed by atoms with Gasteiger partial charge >= 0.3 is 0 Å². The summed E-state index contributed by atoms with van der Waals surface area (Å²) in [6.07, 6.45) is 2.31. The molecule has 0 amide bonds. The van der Waals surface area contributed by atoms with Gasteiger partial charge in [-0.3, -0.25) is 0 Å². The lowest BCUT2D eigenvalue weighted by Gasteiger charge is -2.17. The number of hydrogen-bond acceptors (Lipinski definition) is 6. The molecule has 1 saturated heterocycles. The standard InChI is InChI=1S/C20H21ClN6/c1-14-6-4-8-16(12-14)22-18-24-19(23-17-9-5-7-15(21)13-17)26-20(25-18)27-10-2-3-11-27/h4-9,12-13H,2-3,10-11H2,1H3,(H2,22,23,24,25,26). The molecule has 2 N–H and O–H groups in total. The molecule has 7 heteroatoms. The van der Waals surface area contributed by atoms with E-state index in [0.717, 1.165) is 37.3 Å². The number of aromatic nitrogens is 3. The van der Waals surface area contributed by atoms with Gasteiger partial charge in [0.05, 0.1) is 0 Å². The van der Waals surface area contributed by atoms with E-state index in [1.54, 1.807) is 0 Å². The zero-order chi connectivity index (χ0) is 18.6. The summed E-state index contributed by atoms with van der Waals surface area (Å²) in [5.41, 5.74) is 2.95. The summed E-state index contributed by atoms with van der Waals surface area (Å²) in [6, 6.07) is 15.6. The second-order valence-electron chi connectivity index (χ2n) is 6.61. The van der Waals surface area contributed by atoms with E-state index in [1.807, 2.05) is 36.4 Å². The molecule has 1 aliphatic rings. The molecular weight excluding hydrogens is 360 g/mol. The van der Waals surface area contributed by atoms with Crippen molar-refractivity contribution in [2.45, 2.75) is 19.8 Å². The minimum atomic E-state index is 0.490. The van der Waals surface area contributed by atoms with Crippen molar-refractivity contribution in [1.82, 2.24) is 15.0 Å². The summed E-state index contributed by atoms with van der Waals surface area (Å²) in [7, 11) is 0. The van der Waals surface area contributed by atoms with Gasteiger partial charge in [-0.1, -0.05) is 29.8 Å². The van der Waals surface area contributed by atoms with E-state index in [1.165, 1.54) is 5.56 Å². The number of rotatable bonds is 5. The third-order valence-electron chi connectivity index (χ3n) is 4.37. The molecule has 0 aliphatic carbocycles. The van der Waals surface area contributed by atoms with Gasteiger partial charge in [0, 0.05) is 29.5 Å². The van der Waals surface area contributed by atoms with Crippen LogP contribution >= 0.6 is 11.6 Å². The molecule has 0 saturated carbocycles. The summed E-state index contributed by atoms with van der Waals surface area (Å²) < 4.78 is 0. The molecule has 1 aliphatic heterocycles. The molecule has 6 nitrogen and oxygen atoms in total. The molecule has 0 radical (unpaired) electrons. The molecule has 2 aromatic carbocycles. The van der Waals surface area contributed by atoms with Gasteiger partial charge in [-0.05, 0) is 55.7 Å². The second kappa shape index (κ2) is 7.80. The van der Waals surface area contributed by atoms with Gasteiger partial charge in [-0.15, -0.1) is 0 Å². The summed E-state index contributed by atoms with van der Waals surface area (Å²) >= 11 is 6.09. The van der Waals surface area contributed by atoms with Crippen LogP contribution in [-0.2, 0) is 0 Å². The summed E-state index contributed by atoms with van der Waals surface area (Å²) in [4.78, 5) is 16.0. The van der Waals surface area contributed by atoms with E-state index < -0.39 is 0 Å². The van der Waals surface area contributed by atoms with E-state index >= 15 is 0 Å². The Labute approximate surface area is 163 Å². The quantitative estimate of drug-likeness (QED) is 0.654. The molecule has 0 atom stereocenters. The Kier molecular flexibility index (Phi) is 5.07. The first kappa shape index (κ1) is 17.5. The maximum atomic E-state index is 6.09. The average molecular weight is 381 g/mol. The van der Waals surface area contributed by atoms with Gasteiger partial charge in [0.25, 0.3) is 0 Å². The first-order chi connectivity index (χ1) is 13.2. The number of nitrogens with zero attached hydrogens (tertiary/aromatic N) is 4. The van der Waals surface area contributed by atoms with Crippen LogP contribution in [0.5, 0.6) is 0 Å². The lowest BCUT2D eigenvalue weighted by molar-refractivity contribution is 0.886. The fourth-order valence-corrected chi connectivity index (χ4v) is 3.27. The Morgan fingerprint density at radius 1 is 0.852 bits per heavy atom. The molecule has 4 rings (SSSR count). The fourth-order valence-electron chi connectivity index (χ4n) is 3.08. The Bertz CT molecular complexity index is 874. The highest BCUT2D eigenvalue weighted by molar-refractivity contribution is 6.30. The first-order valence-corrected chi connectivity index (χ1v) is 9.41. The maximum Gasteiger partial charge on any atom is 0.233 e. The molecule has 27 heavy (non-hydrogen) atoms. The van der Waals surface area contributed by atoms with Crippen molar-refractivity contribution in [3.05, 3.63) is 59.1 Å². The van der Waals surface area contributed by atoms with Crippen LogP contribution in [0, 0.1) is 6.92 Å². The van der Waals surface area contributed by atoms with Gasteiger partial charge in [0.2, 0.25) is 17.8 Å². The van der Waals surface area contributed by atoms with Crippen LogP contribution in [0.25, 0.3) is 0 Å². The highest BCUT2D eigenvalue weighted by Crippen LogP contribution is 2.24. The molecule has 0 bridgehead atoms. The van der Waals surface area contributed by atoms with E-state index in [2.05, 4.69) is 49.5 Å². The number of benzene rings is 2. The topological polar surface area (TPSA) is 66.0 Å². The van der Waals surface area contributed by atoms with Crippen molar-refractivity contribution in [2.75, 3.05) is 28.6 Å². The largest absolute Gasteiger partial charge is 0.341 e. The number of nitrogens with one attached hydrogen (secondary N) is 2. The van der Waals surface area contributed by atoms with Gasteiger partial charge in [-0.25, -0.2) is 0 Å². The second-order valence-corrected chi connectivity index (χ2v) is 7.04. The smallest absolute Gasteiger partial charge is 0.233 e. The number of hydrogen-bond donors (Lipinski definition) is 2. The van der Waals surface area contributed by atoms with Crippen molar-refractivity contribution < 1.29 is 0 Å². The van der Waals surface area contributed by atoms with Crippen molar-refractivity contribution in [3.8, 4) is 0 Å². The third-order valence-corrected chi connectivity index (χ3v) is 4.60. The van der Waals surface area contributed by atoms with E-state index in [-0.39, 0.29) is 0 Å². The zero-order valence-corrected chi connectivity index (χ0v) is 15.9. The molecule has 2 heterocycles. The van der Waals surface area contributed by atoms with Crippen LogP contribution in [0.4, 0.5) is 29.2 Å². The normalized spacial score (nSPS) is 13.6. The predicted molar refractivity (Wildman–Crippen MR) is 110 cm³/mol. The average Bonchev–Trinajstić information content (AvgIpc) is 3.16. The number of anilines is 5. The number of aryl methyl sites for hydroxylation is 1. The zero-order valence-electron chi connectivity index (χ0n) is 15.1. The summed E-state index contributed by atoms with van der Waals surface area (Å²) in [6.45, 7) is 3.98. The molecule has 1 aromatic heterocycles. The summed E-state index contributed by atoms with van der Waals surface area (Å²) in [5, 5.41) is 7.18. The molecule has 1 fully saturated rings. The van der Waals surface area contributed by atoms with Gasteiger partial charge in [-0.2, -0.15) is 15.0 Å². The Hall–Kier alpha value is -2.86. The Morgan fingerprint density at radius 3 is 2.11 bits per heavy atom. The lowest BCUT2D eigenvalue weighted by atomic mass is 10.2. The van der Waals surface area contributed by atoms with E-state index in [0.29, 0.717) is 22.9 Å².